The van der Waals surface area contributed by atoms with Crippen molar-refractivity contribution in [2.45, 2.75) is 31.7 Å². The molecule has 0 N–H and O–H groups in total. The van der Waals surface area contributed by atoms with Gasteiger partial charge < -0.3 is 9.64 Å². The van der Waals surface area contributed by atoms with E-state index in [1.807, 2.05) is 26.8 Å². The second-order valence-electron chi connectivity index (χ2n) is 6.95. The Bertz CT molecular complexity index is 945. The summed E-state index contributed by atoms with van der Waals surface area (Å²) in [5, 5.41) is 4.39. The van der Waals surface area contributed by atoms with Gasteiger partial charge in [0.1, 0.15) is 11.8 Å². The zero-order valence-electron chi connectivity index (χ0n) is 16.6. The number of aryl methyl sites for hydroxylation is 2. The van der Waals surface area contributed by atoms with E-state index in [1.54, 1.807) is 21.7 Å². The summed E-state index contributed by atoms with van der Waals surface area (Å²) in [7, 11) is -2.06. The van der Waals surface area contributed by atoms with Crippen LogP contribution in [0.2, 0.25) is 0 Å². The number of aromatic nitrogens is 2. The van der Waals surface area contributed by atoms with Crippen LogP contribution in [0.15, 0.2) is 35.2 Å². The summed E-state index contributed by atoms with van der Waals surface area (Å²) in [5.41, 5.74) is 1.80. The van der Waals surface area contributed by atoms with Gasteiger partial charge in [0, 0.05) is 31.9 Å². The van der Waals surface area contributed by atoms with Gasteiger partial charge in [-0.05, 0) is 51.1 Å². The summed E-state index contributed by atoms with van der Waals surface area (Å²) in [6.07, 6.45) is 0. The van der Waals surface area contributed by atoms with Crippen molar-refractivity contribution in [2.24, 2.45) is 0 Å². The number of carbonyl (C=O) groups excluding carboxylic acids is 1. The van der Waals surface area contributed by atoms with Crippen LogP contribution in [0.25, 0.3) is 0 Å². The highest BCUT2D eigenvalue weighted by molar-refractivity contribution is 7.89. The average Bonchev–Trinajstić information content (AvgIpc) is 3.05. The molecule has 0 saturated carbocycles. The molecule has 1 saturated heterocycles. The van der Waals surface area contributed by atoms with Crippen molar-refractivity contribution in [1.82, 2.24) is 19.0 Å². The van der Waals surface area contributed by atoms with E-state index in [9.17, 15) is 13.2 Å². The molecule has 2 heterocycles. The largest absolute Gasteiger partial charge is 0.497 e. The van der Waals surface area contributed by atoms with Crippen LogP contribution in [-0.4, -0.2) is 66.6 Å². The van der Waals surface area contributed by atoms with E-state index in [0.29, 0.717) is 18.8 Å². The minimum absolute atomic E-state index is 0.0484. The van der Waals surface area contributed by atoms with Crippen molar-refractivity contribution in [3.05, 3.63) is 41.7 Å². The second kappa shape index (κ2) is 7.92. The molecule has 1 fully saturated rings. The first-order valence-electron chi connectivity index (χ1n) is 9.20. The van der Waals surface area contributed by atoms with Crippen LogP contribution in [0, 0.1) is 13.8 Å². The number of benzene rings is 1. The fraction of sp³-hybridized carbons (Fsp3) is 0.474. The third-order valence-electron chi connectivity index (χ3n) is 5.02. The molecule has 1 aromatic heterocycles. The number of sulfonamides is 1. The standard InChI is InChI=1S/C19H26N4O4S/c1-14-13-15(2)23(20-14)16(3)19(24)21-9-11-22(12-10-21)28(25,26)18-7-5-17(27-4)6-8-18/h5-8,13,16H,9-12H2,1-4H3/t16-/m0/s1. The Morgan fingerprint density at radius 2 is 1.71 bits per heavy atom. The van der Waals surface area contributed by atoms with Gasteiger partial charge in [0.05, 0.1) is 17.7 Å². The number of hydrogen-bond acceptors (Lipinski definition) is 5. The molecule has 1 aromatic carbocycles. The number of methoxy groups -OCH3 is 1. The summed E-state index contributed by atoms with van der Waals surface area (Å²) in [6.45, 7) is 6.89. The maximum atomic E-state index is 12.8. The number of hydrogen-bond donors (Lipinski definition) is 0. The van der Waals surface area contributed by atoms with Crippen molar-refractivity contribution >= 4 is 15.9 Å². The van der Waals surface area contributed by atoms with Crippen LogP contribution < -0.4 is 4.74 Å². The highest BCUT2D eigenvalue weighted by Crippen LogP contribution is 2.22. The third-order valence-corrected chi connectivity index (χ3v) is 6.93. The van der Waals surface area contributed by atoms with Gasteiger partial charge in [0.25, 0.3) is 0 Å². The molecule has 1 aliphatic heterocycles. The van der Waals surface area contributed by atoms with Crippen LogP contribution in [-0.2, 0) is 14.8 Å². The Morgan fingerprint density at radius 3 is 2.21 bits per heavy atom. The van der Waals surface area contributed by atoms with Gasteiger partial charge in [-0.1, -0.05) is 0 Å². The summed E-state index contributed by atoms with van der Waals surface area (Å²) >= 11 is 0. The van der Waals surface area contributed by atoms with Crippen LogP contribution in [0.4, 0.5) is 0 Å². The second-order valence-corrected chi connectivity index (χ2v) is 8.89. The van der Waals surface area contributed by atoms with E-state index in [4.69, 9.17) is 4.74 Å². The predicted molar refractivity (Wildman–Crippen MR) is 105 cm³/mol. The van der Waals surface area contributed by atoms with E-state index >= 15 is 0 Å². The van der Waals surface area contributed by atoms with Crippen LogP contribution in [0.1, 0.15) is 24.4 Å². The number of rotatable bonds is 5. The smallest absolute Gasteiger partial charge is 0.247 e. The van der Waals surface area contributed by atoms with Crippen molar-refractivity contribution in [1.29, 1.82) is 0 Å². The zero-order valence-corrected chi connectivity index (χ0v) is 17.4. The Hall–Kier alpha value is -2.39. The first kappa shape index (κ1) is 20.3. The lowest BCUT2D eigenvalue weighted by atomic mass is 10.2. The lowest BCUT2D eigenvalue weighted by Gasteiger charge is -2.35. The van der Waals surface area contributed by atoms with Crippen molar-refractivity contribution < 1.29 is 17.9 Å². The van der Waals surface area contributed by atoms with Crippen molar-refractivity contribution in [3.8, 4) is 5.75 Å². The molecular formula is C19H26N4O4S. The summed E-state index contributed by atoms with van der Waals surface area (Å²) < 4.78 is 33.9. The molecule has 152 valence electrons. The normalized spacial score (nSPS) is 16.8. The average molecular weight is 407 g/mol. The molecule has 0 aliphatic carbocycles. The predicted octanol–water partition coefficient (Wildman–Crippen LogP) is 1.60. The number of ether oxygens (including phenoxy) is 1. The van der Waals surface area contributed by atoms with Gasteiger partial charge in [0.2, 0.25) is 15.9 Å². The fourth-order valence-electron chi connectivity index (χ4n) is 3.45. The Labute approximate surface area is 165 Å². The monoisotopic (exact) mass is 406 g/mol. The summed E-state index contributed by atoms with van der Waals surface area (Å²) in [5.74, 6) is 0.556. The van der Waals surface area contributed by atoms with E-state index in [0.717, 1.165) is 11.4 Å². The Kier molecular flexibility index (Phi) is 5.76. The first-order chi connectivity index (χ1) is 13.2. The number of piperazine rings is 1. The maximum absolute atomic E-state index is 12.8. The number of nitrogens with zero attached hydrogens (tertiary/aromatic N) is 4. The molecule has 1 aliphatic rings. The molecule has 0 radical (unpaired) electrons. The number of amides is 1. The number of carbonyl (C=O) groups is 1. The van der Waals surface area contributed by atoms with Crippen LogP contribution in [0.3, 0.4) is 0 Å². The topological polar surface area (TPSA) is 84.7 Å². The van der Waals surface area contributed by atoms with Gasteiger partial charge in [0.15, 0.2) is 0 Å². The molecule has 0 bridgehead atoms. The molecule has 3 rings (SSSR count). The fourth-order valence-corrected chi connectivity index (χ4v) is 4.87. The van der Waals surface area contributed by atoms with E-state index in [2.05, 4.69) is 5.10 Å². The highest BCUT2D eigenvalue weighted by atomic mass is 32.2. The highest BCUT2D eigenvalue weighted by Gasteiger charge is 2.32. The molecule has 0 spiro atoms. The molecule has 8 nitrogen and oxygen atoms in total. The molecule has 28 heavy (non-hydrogen) atoms. The van der Waals surface area contributed by atoms with Crippen molar-refractivity contribution in [3.63, 3.8) is 0 Å². The lowest BCUT2D eigenvalue weighted by molar-refractivity contribution is -0.135. The molecule has 0 unspecified atom stereocenters. The minimum atomic E-state index is -3.59. The SMILES string of the molecule is COc1ccc(S(=O)(=O)N2CCN(C(=O)[C@H](C)n3nc(C)cc3C)CC2)cc1. The molecule has 2 aromatic rings. The van der Waals surface area contributed by atoms with Crippen LogP contribution >= 0.6 is 0 Å². The Morgan fingerprint density at radius 1 is 1.11 bits per heavy atom. The van der Waals surface area contributed by atoms with Crippen LogP contribution in [0.5, 0.6) is 5.75 Å². The van der Waals surface area contributed by atoms with E-state index in [-0.39, 0.29) is 23.9 Å². The summed E-state index contributed by atoms with van der Waals surface area (Å²) in [6, 6.07) is 7.85. The lowest BCUT2D eigenvalue weighted by Crippen LogP contribution is -2.51. The molecule has 9 heteroatoms. The first-order valence-corrected chi connectivity index (χ1v) is 10.6. The third kappa shape index (κ3) is 3.90. The van der Waals surface area contributed by atoms with Gasteiger partial charge in [-0.2, -0.15) is 9.40 Å². The van der Waals surface area contributed by atoms with Crippen molar-refractivity contribution in [2.75, 3.05) is 33.3 Å². The van der Waals surface area contributed by atoms with E-state index < -0.39 is 16.1 Å². The van der Waals surface area contributed by atoms with Gasteiger partial charge in [-0.3, -0.25) is 9.48 Å². The van der Waals surface area contributed by atoms with Gasteiger partial charge in [-0.15, -0.1) is 0 Å². The van der Waals surface area contributed by atoms with E-state index in [1.165, 1.54) is 23.5 Å². The molecular weight excluding hydrogens is 380 g/mol. The Balaban J connectivity index is 1.66. The quantitative estimate of drug-likeness (QED) is 0.753. The maximum Gasteiger partial charge on any atom is 0.247 e. The van der Waals surface area contributed by atoms with Gasteiger partial charge >= 0.3 is 0 Å². The molecule has 1 atom stereocenters. The molecule has 1 amide bonds. The van der Waals surface area contributed by atoms with Gasteiger partial charge in [-0.25, -0.2) is 8.42 Å². The zero-order chi connectivity index (χ0) is 20.5. The summed E-state index contributed by atoms with van der Waals surface area (Å²) in [4.78, 5) is 14.8. The minimum Gasteiger partial charge on any atom is -0.497 e.